The molecule has 0 spiro atoms. The molecule has 2 aromatic carbocycles. The fourth-order valence-electron chi connectivity index (χ4n) is 3.22. The van der Waals surface area contributed by atoms with Gasteiger partial charge in [-0.05, 0) is 36.2 Å². The lowest BCUT2D eigenvalue weighted by atomic mass is 10.1. The number of carbonyl (C=O) groups is 1. The number of para-hydroxylation sites is 2. The molecule has 0 aliphatic carbocycles. The molecule has 28 heavy (non-hydrogen) atoms. The quantitative estimate of drug-likeness (QED) is 0.455. The van der Waals surface area contributed by atoms with Gasteiger partial charge in [0, 0.05) is 18.7 Å². The number of halogens is 2. The van der Waals surface area contributed by atoms with E-state index in [4.69, 9.17) is 28.2 Å². The Kier molecular flexibility index (Phi) is 6.42. The largest absolute Gasteiger partial charge is 0.331 e. The van der Waals surface area contributed by atoms with Gasteiger partial charge in [0.15, 0.2) is 0 Å². The van der Waals surface area contributed by atoms with Gasteiger partial charge in [0.25, 0.3) is 5.91 Å². The third-order valence-corrected chi connectivity index (χ3v) is 5.16. The summed E-state index contributed by atoms with van der Waals surface area (Å²) in [6.45, 7) is 9.67. The molecule has 0 unspecified atom stereocenters. The van der Waals surface area contributed by atoms with E-state index in [0.29, 0.717) is 41.2 Å². The number of hydrogen-bond donors (Lipinski definition) is 0. The second-order valence-electron chi connectivity index (χ2n) is 7.12. The summed E-state index contributed by atoms with van der Waals surface area (Å²) in [6, 6.07) is 12.9. The Labute approximate surface area is 175 Å². The third-order valence-electron chi connectivity index (χ3n) is 4.42. The van der Waals surface area contributed by atoms with Crippen LogP contribution in [-0.2, 0) is 13.1 Å². The van der Waals surface area contributed by atoms with Gasteiger partial charge in [-0.2, -0.15) is 0 Å². The zero-order valence-electron chi connectivity index (χ0n) is 16.0. The molecule has 1 aromatic heterocycles. The fraction of sp³-hybridized carbons (Fsp3) is 0.273. The highest BCUT2D eigenvalue weighted by molar-refractivity contribution is 6.42. The minimum Gasteiger partial charge on any atom is -0.331 e. The van der Waals surface area contributed by atoms with Crippen LogP contribution in [0.3, 0.4) is 0 Å². The van der Waals surface area contributed by atoms with Crippen molar-refractivity contribution in [3.05, 3.63) is 76.6 Å². The Morgan fingerprint density at radius 1 is 1.21 bits per heavy atom. The zero-order chi connectivity index (χ0) is 20.3. The number of hydrogen-bond acceptors (Lipinski definition) is 2. The molecule has 0 bridgehead atoms. The van der Waals surface area contributed by atoms with Gasteiger partial charge >= 0.3 is 0 Å². The van der Waals surface area contributed by atoms with Crippen molar-refractivity contribution < 1.29 is 4.79 Å². The summed E-state index contributed by atoms with van der Waals surface area (Å²) in [5.74, 6) is 1.04. The van der Waals surface area contributed by atoms with Crippen molar-refractivity contribution in [3.8, 4) is 0 Å². The topological polar surface area (TPSA) is 38.1 Å². The van der Waals surface area contributed by atoms with Crippen LogP contribution in [0.4, 0.5) is 0 Å². The van der Waals surface area contributed by atoms with Gasteiger partial charge in [0.05, 0.1) is 27.6 Å². The Bertz CT molecular complexity index is 1010. The highest BCUT2D eigenvalue weighted by Crippen LogP contribution is 2.24. The summed E-state index contributed by atoms with van der Waals surface area (Å²) in [7, 11) is 0. The number of fused-ring (bicyclic) bond motifs is 1. The molecule has 3 rings (SSSR count). The molecule has 3 aromatic rings. The average molecular weight is 416 g/mol. The van der Waals surface area contributed by atoms with E-state index in [1.54, 1.807) is 18.2 Å². The lowest BCUT2D eigenvalue weighted by Crippen LogP contribution is -2.34. The Balaban J connectivity index is 1.98. The minimum atomic E-state index is -0.0931. The van der Waals surface area contributed by atoms with Crippen molar-refractivity contribution in [1.29, 1.82) is 0 Å². The number of carbonyl (C=O) groups excluding carboxylic acids is 1. The van der Waals surface area contributed by atoms with Gasteiger partial charge < -0.3 is 9.47 Å². The van der Waals surface area contributed by atoms with Crippen LogP contribution in [0, 0.1) is 5.92 Å². The molecular formula is C22H23Cl2N3O. The Morgan fingerprint density at radius 3 is 2.64 bits per heavy atom. The van der Waals surface area contributed by atoms with Gasteiger partial charge in [-0.1, -0.05) is 55.3 Å². The van der Waals surface area contributed by atoms with E-state index >= 15 is 0 Å². The number of benzene rings is 2. The lowest BCUT2D eigenvalue weighted by molar-refractivity contribution is 0.0716. The molecule has 1 amide bonds. The molecule has 0 aliphatic rings. The SMILES string of the molecule is C=CCn1c(CN(CC(C)C)C(=O)c2ccc(Cl)c(Cl)c2)nc2ccccc21. The third kappa shape index (κ3) is 4.40. The smallest absolute Gasteiger partial charge is 0.254 e. The molecule has 0 saturated carbocycles. The van der Waals surface area contributed by atoms with Crippen LogP contribution in [-0.4, -0.2) is 26.9 Å². The van der Waals surface area contributed by atoms with Crippen LogP contribution >= 0.6 is 23.2 Å². The number of aromatic nitrogens is 2. The number of rotatable bonds is 7. The van der Waals surface area contributed by atoms with Crippen molar-refractivity contribution in [2.75, 3.05) is 6.54 Å². The molecule has 146 valence electrons. The Morgan fingerprint density at radius 2 is 1.96 bits per heavy atom. The summed E-state index contributed by atoms with van der Waals surface area (Å²) < 4.78 is 2.10. The van der Waals surface area contributed by atoms with Gasteiger partial charge in [-0.3, -0.25) is 4.79 Å². The summed E-state index contributed by atoms with van der Waals surface area (Å²) >= 11 is 12.1. The van der Waals surface area contributed by atoms with Gasteiger partial charge in [0.1, 0.15) is 5.82 Å². The number of imidazole rings is 1. The lowest BCUT2D eigenvalue weighted by Gasteiger charge is -2.25. The van der Waals surface area contributed by atoms with E-state index in [9.17, 15) is 4.79 Å². The molecule has 0 fully saturated rings. The molecule has 0 atom stereocenters. The van der Waals surface area contributed by atoms with Crippen LogP contribution in [0.25, 0.3) is 11.0 Å². The number of allylic oxidation sites excluding steroid dienone is 1. The first-order valence-electron chi connectivity index (χ1n) is 9.20. The first-order chi connectivity index (χ1) is 13.4. The van der Waals surface area contributed by atoms with Gasteiger partial charge in [-0.25, -0.2) is 4.98 Å². The highest BCUT2D eigenvalue weighted by Gasteiger charge is 2.21. The number of amides is 1. The van der Waals surface area contributed by atoms with Crippen molar-refractivity contribution in [1.82, 2.24) is 14.5 Å². The van der Waals surface area contributed by atoms with Crippen LogP contribution < -0.4 is 0 Å². The maximum absolute atomic E-state index is 13.2. The Hall–Kier alpha value is -2.30. The predicted octanol–water partition coefficient (Wildman–Crippen LogP) is 5.83. The predicted molar refractivity (Wildman–Crippen MR) is 116 cm³/mol. The second kappa shape index (κ2) is 8.80. The summed E-state index contributed by atoms with van der Waals surface area (Å²) in [6.07, 6.45) is 1.84. The fourth-order valence-corrected chi connectivity index (χ4v) is 3.52. The van der Waals surface area contributed by atoms with E-state index < -0.39 is 0 Å². The standard InChI is InChI=1S/C22H23Cl2N3O/c1-4-11-27-20-8-6-5-7-19(20)25-21(27)14-26(13-15(2)3)22(28)16-9-10-17(23)18(24)12-16/h4-10,12,15H,1,11,13-14H2,2-3H3. The van der Waals surface area contributed by atoms with Gasteiger partial charge in [0.2, 0.25) is 0 Å². The molecule has 0 N–H and O–H groups in total. The monoisotopic (exact) mass is 415 g/mol. The van der Waals surface area contributed by atoms with Crippen LogP contribution in [0.15, 0.2) is 55.1 Å². The molecule has 0 aliphatic heterocycles. The van der Waals surface area contributed by atoms with E-state index in [1.807, 2.05) is 35.2 Å². The normalized spacial score (nSPS) is 11.2. The average Bonchev–Trinajstić information content (AvgIpc) is 3.00. The van der Waals surface area contributed by atoms with Gasteiger partial charge in [-0.15, -0.1) is 6.58 Å². The van der Waals surface area contributed by atoms with E-state index in [0.717, 1.165) is 16.9 Å². The summed E-state index contributed by atoms with van der Waals surface area (Å²) in [4.78, 5) is 19.8. The summed E-state index contributed by atoms with van der Waals surface area (Å²) in [5, 5.41) is 0.803. The van der Waals surface area contributed by atoms with Crippen molar-refractivity contribution >= 4 is 40.1 Å². The molecule has 6 heteroatoms. The first kappa shape index (κ1) is 20.4. The number of nitrogens with zero attached hydrogens (tertiary/aromatic N) is 3. The first-order valence-corrected chi connectivity index (χ1v) is 9.95. The van der Waals surface area contributed by atoms with Crippen LogP contribution in [0.5, 0.6) is 0 Å². The van der Waals surface area contributed by atoms with E-state index in [2.05, 4.69) is 25.0 Å². The van der Waals surface area contributed by atoms with Crippen LogP contribution in [0.1, 0.15) is 30.0 Å². The summed E-state index contributed by atoms with van der Waals surface area (Å²) in [5.41, 5.74) is 2.45. The van der Waals surface area contributed by atoms with Crippen molar-refractivity contribution in [3.63, 3.8) is 0 Å². The second-order valence-corrected chi connectivity index (χ2v) is 7.94. The van der Waals surface area contributed by atoms with E-state index in [-0.39, 0.29) is 5.91 Å². The molecule has 0 radical (unpaired) electrons. The maximum Gasteiger partial charge on any atom is 0.254 e. The van der Waals surface area contributed by atoms with Crippen LogP contribution in [0.2, 0.25) is 10.0 Å². The van der Waals surface area contributed by atoms with Crippen molar-refractivity contribution in [2.45, 2.75) is 26.9 Å². The molecule has 0 saturated heterocycles. The zero-order valence-corrected chi connectivity index (χ0v) is 17.5. The maximum atomic E-state index is 13.2. The highest BCUT2D eigenvalue weighted by atomic mass is 35.5. The minimum absolute atomic E-state index is 0.0931. The van der Waals surface area contributed by atoms with E-state index in [1.165, 1.54) is 0 Å². The molecular weight excluding hydrogens is 393 g/mol. The van der Waals surface area contributed by atoms with Crippen molar-refractivity contribution in [2.24, 2.45) is 5.92 Å². The molecule has 1 heterocycles. The molecule has 4 nitrogen and oxygen atoms in total.